The summed E-state index contributed by atoms with van der Waals surface area (Å²) in [6.45, 7) is 9.81. The fourth-order valence-electron chi connectivity index (χ4n) is 3.52. The minimum absolute atomic E-state index is 0.0152. The van der Waals surface area contributed by atoms with E-state index in [1.165, 1.54) is 6.92 Å². The Morgan fingerprint density at radius 1 is 1.07 bits per heavy atom. The molecule has 3 amide bonds. The number of carbonyl (C=O) groups excluding carboxylic acids is 3. The van der Waals surface area contributed by atoms with Gasteiger partial charge in [-0.05, 0) is 31.5 Å². The first-order valence-corrected chi connectivity index (χ1v) is 10.9. The van der Waals surface area contributed by atoms with E-state index < -0.39 is 0 Å². The first-order chi connectivity index (χ1) is 13.8. The summed E-state index contributed by atoms with van der Waals surface area (Å²) < 4.78 is 0.949. The van der Waals surface area contributed by atoms with Crippen molar-refractivity contribution in [3.63, 3.8) is 0 Å². The maximum atomic E-state index is 12.8. The zero-order valence-corrected chi connectivity index (χ0v) is 19.1. The lowest BCUT2D eigenvalue weighted by Crippen LogP contribution is -2.52. The molecule has 8 heteroatoms. The summed E-state index contributed by atoms with van der Waals surface area (Å²) in [4.78, 5) is 42.5. The van der Waals surface area contributed by atoms with Gasteiger partial charge in [-0.25, -0.2) is 0 Å². The van der Waals surface area contributed by atoms with Crippen LogP contribution in [0.1, 0.15) is 38.8 Å². The molecule has 0 radical (unpaired) electrons. The molecule has 0 saturated carbocycles. The zero-order valence-electron chi connectivity index (χ0n) is 17.5. The number of hydrogen-bond donors (Lipinski definition) is 1. The van der Waals surface area contributed by atoms with E-state index in [1.54, 1.807) is 0 Å². The van der Waals surface area contributed by atoms with Gasteiger partial charge in [-0.1, -0.05) is 28.1 Å². The van der Waals surface area contributed by atoms with Crippen molar-refractivity contribution < 1.29 is 14.4 Å². The molecule has 1 aromatic carbocycles. The van der Waals surface area contributed by atoms with Gasteiger partial charge in [0.25, 0.3) is 0 Å². The van der Waals surface area contributed by atoms with Gasteiger partial charge in [-0.3, -0.25) is 19.3 Å². The number of rotatable bonds is 8. The van der Waals surface area contributed by atoms with Gasteiger partial charge in [0.2, 0.25) is 17.7 Å². The number of carbonyl (C=O) groups is 3. The summed E-state index contributed by atoms with van der Waals surface area (Å²) in [6, 6.07) is 7.28. The van der Waals surface area contributed by atoms with Crippen LogP contribution >= 0.6 is 15.9 Å². The predicted octanol–water partition coefficient (Wildman–Crippen LogP) is 2.03. The molecule has 0 spiro atoms. The SMILES string of the molecule is CCN(CC)C(=O)CN1CCN(C(=O)CC(NC(C)=O)c2ccc(Br)cc2)CC1. The van der Waals surface area contributed by atoms with E-state index in [0.29, 0.717) is 45.8 Å². The van der Waals surface area contributed by atoms with Crippen LogP contribution in [0.4, 0.5) is 0 Å². The number of halogens is 1. The summed E-state index contributed by atoms with van der Waals surface area (Å²) in [7, 11) is 0. The third-order valence-corrected chi connectivity index (χ3v) is 5.76. The van der Waals surface area contributed by atoms with Crippen LogP contribution in [0.2, 0.25) is 0 Å². The van der Waals surface area contributed by atoms with Crippen LogP contribution in [-0.2, 0) is 14.4 Å². The van der Waals surface area contributed by atoms with Crippen LogP contribution in [0.25, 0.3) is 0 Å². The van der Waals surface area contributed by atoms with E-state index in [4.69, 9.17) is 0 Å². The van der Waals surface area contributed by atoms with Crippen LogP contribution in [0.3, 0.4) is 0 Å². The van der Waals surface area contributed by atoms with E-state index in [1.807, 2.05) is 47.9 Å². The van der Waals surface area contributed by atoms with Crippen molar-refractivity contribution in [1.29, 1.82) is 0 Å². The zero-order chi connectivity index (χ0) is 21.4. The standard InChI is InChI=1S/C21H31BrN4O3/c1-4-25(5-2)21(29)15-24-10-12-26(13-11-24)20(28)14-19(23-16(3)27)17-6-8-18(22)9-7-17/h6-9,19H,4-5,10-15H2,1-3H3,(H,23,27). The maximum absolute atomic E-state index is 12.8. The maximum Gasteiger partial charge on any atom is 0.236 e. The molecule has 1 saturated heterocycles. The molecule has 1 aromatic rings. The second-order valence-electron chi connectivity index (χ2n) is 7.23. The summed E-state index contributed by atoms with van der Waals surface area (Å²) >= 11 is 3.41. The van der Waals surface area contributed by atoms with Crippen LogP contribution in [0, 0.1) is 0 Å². The molecule has 2 rings (SSSR count). The summed E-state index contributed by atoms with van der Waals surface area (Å²) in [5, 5.41) is 2.88. The van der Waals surface area contributed by atoms with Crippen molar-refractivity contribution in [3.05, 3.63) is 34.3 Å². The monoisotopic (exact) mass is 466 g/mol. The Morgan fingerprint density at radius 3 is 2.17 bits per heavy atom. The highest BCUT2D eigenvalue weighted by Crippen LogP contribution is 2.21. The number of nitrogens with one attached hydrogen (secondary N) is 1. The number of nitrogens with zero attached hydrogens (tertiary/aromatic N) is 3. The molecule has 0 bridgehead atoms. The predicted molar refractivity (Wildman–Crippen MR) is 116 cm³/mol. The lowest BCUT2D eigenvalue weighted by molar-refractivity contribution is -0.135. The Morgan fingerprint density at radius 2 is 1.66 bits per heavy atom. The van der Waals surface area contributed by atoms with E-state index in [-0.39, 0.29) is 30.2 Å². The molecule has 0 aliphatic carbocycles. The Kier molecular flexibility index (Phi) is 9.10. The van der Waals surface area contributed by atoms with Crippen LogP contribution in [0.5, 0.6) is 0 Å². The summed E-state index contributed by atoms with van der Waals surface area (Å²) in [6.07, 6.45) is 0.222. The molecule has 1 N–H and O–H groups in total. The molecule has 1 aliphatic rings. The first kappa shape index (κ1) is 23.3. The molecule has 29 heavy (non-hydrogen) atoms. The van der Waals surface area contributed by atoms with Crippen molar-refractivity contribution in [2.45, 2.75) is 33.2 Å². The van der Waals surface area contributed by atoms with Gasteiger partial charge >= 0.3 is 0 Å². The molecule has 1 aliphatic heterocycles. The molecule has 7 nitrogen and oxygen atoms in total. The van der Waals surface area contributed by atoms with Crippen LogP contribution in [0.15, 0.2) is 28.7 Å². The Bertz CT molecular complexity index is 698. The summed E-state index contributed by atoms with van der Waals surface area (Å²) in [5.41, 5.74) is 0.903. The molecule has 160 valence electrons. The number of benzene rings is 1. The quantitative estimate of drug-likeness (QED) is 0.635. The molecular weight excluding hydrogens is 436 g/mol. The lowest BCUT2D eigenvalue weighted by atomic mass is 10.0. The van der Waals surface area contributed by atoms with Gasteiger partial charge in [0.1, 0.15) is 0 Å². The Hall–Kier alpha value is -1.93. The van der Waals surface area contributed by atoms with Gasteiger partial charge in [0.15, 0.2) is 0 Å². The van der Waals surface area contributed by atoms with E-state index >= 15 is 0 Å². The number of likely N-dealkylation sites (N-methyl/N-ethyl adjacent to an activating group) is 1. The minimum atomic E-state index is -0.352. The Labute approximate surface area is 181 Å². The van der Waals surface area contributed by atoms with Crippen molar-refractivity contribution in [1.82, 2.24) is 20.0 Å². The normalized spacial score (nSPS) is 15.7. The Balaban J connectivity index is 1.90. The second kappa shape index (κ2) is 11.3. The molecular formula is C21H31BrN4O3. The van der Waals surface area contributed by atoms with Gasteiger partial charge in [-0.15, -0.1) is 0 Å². The average molecular weight is 467 g/mol. The van der Waals surface area contributed by atoms with Crippen molar-refractivity contribution in [2.75, 3.05) is 45.8 Å². The molecule has 1 fully saturated rings. The average Bonchev–Trinajstić information content (AvgIpc) is 2.69. The highest BCUT2D eigenvalue weighted by atomic mass is 79.9. The molecule has 1 heterocycles. The molecule has 0 aromatic heterocycles. The third-order valence-electron chi connectivity index (χ3n) is 5.23. The van der Waals surface area contributed by atoms with Crippen molar-refractivity contribution in [2.24, 2.45) is 0 Å². The van der Waals surface area contributed by atoms with Crippen molar-refractivity contribution >= 4 is 33.7 Å². The number of hydrogen-bond acceptors (Lipinski definition) is 4. The second-order valence-corrected chi connectivity index (χ2v) is 8.15. The van der Waals surface area contributed by atoms with E-state index in [9.17, 15) is 14.4 Å². The van der Waals surface area contributed by atoms with Gasteiger partial charge in [0.05, 0.1) is 19.0 Å². The van der Waals surface area contributed by atoms with Gasteiger partial charge < -0.3 is 15.1 Å². The number of amides is 3. The van der Waals surface area contributed by atoms with E-state index in [2.05, 4.69) is 26.1 Å². The fourth-order valence-corrected chi connectivity index (χ4v) is 3.78. The third kappa shape index (κ3) is 7.12. The number of piperazine rings is 1. The molecule has 1 atom stereocenters. The minimum Gasteiger partial charge on any atom is -0.349 e. The van der Waals surface area contributed by atoms with E-state index in [0.717, 1.165) is 10.0 Å². The first-order valence-electron chi connectivity index (χ1n) is 10.1. The van der Waals surface area contributed by atoms with Crippen LogP contribution in [-0.4, -0.2) is 78.2 Å². The molecule has 1 unspecified atom stereocenters. The van der Waals surface area contributed by atoms with Crippen LogP contribution < -0.4 is 5.32 Å². The van der Waals surface area contributed by atoms with Gasteiger partial charge in [0, 0.05) is 50.7 Å². The van der Waals surface area contributed by atoms with Gasteiger partial charge in [-0.2, -0.15) is 0 Å². The lowest BCUT2D eigenvalue weighted by Gasteiger charge is -2.36. The highest BCUT2D eigenvalue weighted by molar-refractivity contribution is 9.10. The highest BCUT2D eigenvalue weighted by Gasteiger charge is 2.26. The smallest absolute Gasteiger partial charge is 0.236 e. The largest absolute Gasteiger partial charge is 0.349 e. The summed E-state index contributed by atoms with van der Waals surface area (Å²) in [5.74, 6) is -0.0115. The fraction of sp³-hybridized carbons (Fsp3) is 0.571. The topological polar surface area (TPSA) is 73.0 Å². The van der Waals surface area contributed by atoms with Crippen molar-refractivity contribution in [3.8, 4) is 0 Å².